The van der Waals surface area contributed by atoms with Crippen LogP contribution < -0.4 is 10.6 Å². The van der Waals surface area contributed by atoms with Crippen LogP contribution in [0.5, 0.6) is 0 Å². The average molecular weight is 354 g/mol. The molecule has 0 radical (unpaired) electrons. The van der Waals surface area contributed by atoms with Gasteiger partial charge in [-0.15, -0.1) is 0 Å². The molecule has 0 aromatic carbocycles. The molecule has 1 unspecified atom stereocenters. The Balaban J connectivity index is 2.39. The zero-order chi connectivity index (χ0) is 18.5. The van der Waals surface area contributed by atoms with Crippen LogP contribution in [-0.2, 0) is 6.42 Å². The van der Waals surface area contributed by atoms with Crippen molar-refractivity contribution in [2.45, 2.75) is 65.7 Å². The third-order valence-corrected chi connectivity index (χ3v) is 3.95. The van der Waals surface area contributed by atoms with Crippen LogP contribution in [0.15, 0.2) is 9.52 Å². The summed E-state index contributed by atoms with van der Waals surface area (Å²) in [6, 6.07) is 0. The van der Waals surface area contributed by atoms with Crippen LogP contribution in [0.1, 0.15) is 71.0 Å². The van der Waals surface area contributed by atoms with E-state index in [0.717, 1.165) is 63.5 Å². The summed E-state index contributed by atoms with van der Waals surface area (Å²) in [6.07, 6.45) is 4.69. The molecule has 25 heavy (non-hydrogen) atoms. The van der Waals surface area contributed by atoms with E-state index >= 15 is 0 Å². The molecule has 1 aromatic rings. The Morgan fingerprint density at radius 3 is 2.64 bits per heavy atom. The Bertz CT molecular complexity index is 482. The van der Waals surface area contributed by atoms with Gasteiger partial charge < -0.3 is 20.3 Å². The smallest absolute Gasteiger partial charge is 0.226 e. The number of hydrogen-bond acceptors (Lipinski definition) is 5. The number of aliphatic imine (C=N–C) groups is 1. The van der Waals surface area contributed by atoms with Crippen molar-refractivity contribution in [1.29, 1.82) is 0 Å². The number of guanidine groups is 1. The second-order valence-electron chi connectivity index (χ2n) is 6.62. The maximum Gasteiger partial charge on any atom is 0.226 e. The van der Waals surface area contributed by atoms with Gasteiger partial charge in [-0.3, -0.25) is 4.99 Å². The van der Waals surface area contributed by atoms with Crippen molar-refractivity contribution in [2.24, 2.45) is 10.9 Å². The molecule has 1 atom stereocenters. The van der Waals surface area contributed by atoms with E-state index in [9.17, 15) is 0 Å². The lowest BCUT2D eigenvalue weighted by Crippen LogP contribution is -2.38. The van der Waals surface area contributed by atoms with E-state index in [1.54, 1.807) is 0 Å². The number of aromatic nitrogens is 2. The zero-order valence-corrected chi connectivity index (χ0v) is 16.2. The highest BCUT2D eigenvalue weighted by atomic mass is 16.5. The van der Waals surface area contributed by atoms with Crippen LogP contribution in [0.4, 0.5) is 0 Å². The summed E-state index contributed by atoms with van der Waals surface area (Å²) in [4.78, 5) is 9.04. The molecule has 0 bridgehead atoms. The van der Waals surface area contributed by atoms with E-state index in [-0.39, 0.29) is 12.5 Å². The van der Waals surface area contributed by atoms with E-state index in [0.29, 0.717) is 11.8 Å². The molecule has 0 spiro atoms. The highest BCUT2D eigenvalue weighted by Gasteiger charge is 2.10. The first-order chi connectivity index (χ1) is 12.1. The lowest BCUT2D eigenvalue weighted by Gasteiger charge is -2.15. The fraction of sp³-hybridized carbons (Fsp3) is 0.833. The molecule has 7 heteroatoms. The molecule has 0 aliphatic heterocycles. The SMILES string of the molecule is CCCC(CCO)CN=C(NCC)NCCCc1nc(C(C)C)no1. The molecule has 1 aromatic heterocycles. The molecule has 0 saturated carbocycles. The number of aliphatic hydroxyl groups excluding tert-OH is 1. The quantitative estimate of drug-likeness (QED) is 0.303. The Morgan fingerprint density at radius 1 is 1.24 bits per heavy atom. The van der Waals surface area contributed by atoms with Gasteiger partial charge in [0, 0.05) is 38.6 Å². The lowest BCUT2D eigenvalue weighted by molar-refractivity contribution is 0.253. The van der Waals surface area contributed by atoms with E-state index in [4.69, 9.17) is 9.63 Å². The van der Waals surface area contributed by atoms with Gasteiger partial charge in [0.25, 0.3) is 0 Å². The Hall–Kier alpha value is -1.63. The van der Waals surface area contributed by atoms with Crippen molar-refractivity contribution < 1.29 is 9.63 Å². The minimum Gasteiger partial charge on any atom is -0.396 e. The molecule has 0 aliphatic carbocycles. The highest BCUT2D eigenvalue weighted by molar-refractivity contribution is 5.79. The fourth-order valence-corrected chi connectivity index (χ4v) is 2.53. The van der Waals surface area contributed by atoms with Gasteiger partial charge in [-0.05, 0) is 32.1 Å². The zero-order valence-electron chi connectivity index (χ0n) is 16.2. The molecule has 0 aliphatic rings. The van der Waals surface area contributed by atoms with Gasteiger partial charge in [0.2, 0.25) is 5.89 Å². The van der Waals surface area contributed by atoms with Gasteiger partial charge >= 0.3 is 0 Å². The first-order valence-corrected chi connectivity index (χ1v) is 9.56. The predicted octanol–water partition coefficient (Wildman–Crippen LogP) is 2.48. The molecule has 3 N–H and O–H groups in total. The Labute approximate surface area is 151 Å². The molecule has 1 heterocycles. The summed E-state index contributed by atoms with van der Waals surface area (Å²) >= 11 is 0. The molecule has 0 amide bonds. The number of rotatable bonds is 12. The van der Waals surface area contributed by atoms with E-state index in [1.165, 1.54) is 0 Å². The topological polar surface area (TPSA) is 95.6 Å². The Morgan fingerprint density at radius 2 is 2.04 bits per heavy atom. The third-order valence-electron chi connectivity index (χ3n) is 3.95. The van der Waals surface area contributed by atoms with Gasteiger partial charge in [-0.2, -0.15) is 4.98 Å². The van der Waals surface area contributed by atoms with Crippen LogP contribution >= 0.6 is 0 Å². The standard InChI is InChI=1S/C18H35N5O2/c1-5-8-15(10-12-24)13-21-18(19-6-2)20-11-7-9-16-22-17(14(3)4)23-25-16/h14-15,24H,5-13H2,1-4H3,(H2,19,20,21). The number of aliphatic hydroxyl groups is 1. The molecule has 0 saturated heterocycles. The average Bonchev–Trinajstić information content (AvgIpc) is 3.06. The number of nitrogens with zero attached hydrogens (tertiary/aromatic N) is 3. The van der Waals surface area contributed by atoms with Crippen LogP contribution in [-0.4, -0.2) is 47.4 Å². The summed E-state index contributed by atoms with van der Waals surface area (Å²) in [6.45, 7) is 10.9. The first kappa shape index (κ1) is 21.4. The summed E-state index contributed by atoms with van der Waals surface area (Å²) in [5.74, 6) is 3.02. The highest BCUT2D eigenvalue weighted by Crippen LogP contribution is 2.11. The second kappa shape index (κ2) is 12.7. The van der Waals surface area contributed by atoms with Gasteiger partial charge in [0.05, 0.1) is 0 Å². The monoisotopic (exact) mass is 353 g/mol. The predicted molar refractivity (Wildman–Crippen MR) is 101 cm³/mol. The number of aryl methyl sites for hydroxylation is 1. The summed E-state index contributed by atoms with van der Waals surface area (Å²) in [5, 5.41) is 19.7. The Kier molecular flexibility index (Phi) is 10.9. The normalized spacial score (nSPS) is 13.3. The molecule has 0 fully saturated rings. The maximum absolute atomic E-state index is 9.15. The maximum atomic E-state index is 9.15. The van der Waals surface area contributed by atoms with Crippen molar-refractivity contribution in [3.8, 4) is 0 Å². The summed E-state index contributed by atoms with van der Waals surface area (Å²) < 4.78 is 5.25. The van der Waals surface area contributed by atoms with Gasteiger partial charge in [-0.1, -0.05) is 32.3 Å². The molecular formula is C18H35N5O2. The largest absolute Gasteiger partial charge is 0.396 e. The van der Waals surface area contributed by atoms with Crippen molar-refractivity contribution in [3.05, 3.63) is 11.7 Å². The van der Waals surface area contributed by atoms with E-state index in [1.807, 2.05) is 0 Å². The van der Waals surface area contributed by atoms with Crippen LogP contribution in [0.3, 0.4) is 0 Å². The van der Waals surface area contributed by atoms with Crippen molar-refractivity contribution in [1.82, 2.24) is 20.8 Å². The van der Waals surface area contributed by atoms with Crippen LogP contribution in [0.25, 0.3) is 0 Å². The number of hydrogen-bond donors (Lipinski definition) is 3. The van der Waals surface area contributed by atoms with E-state index < -0.39 is 0 Å². The van der Waals surface area contributed by atoms with Gasteiger partial charge in [0.15, 0.2) is 11.8 Å². The third kappa shape index (κ3) is 8.86. The minimum atomic E-state index is 0.229. The molecular weight excluding hydrogens is 318 g/mol. The first-order valence-electron chi connectivity index (χ1n) is 9.56. The van der Waals surface area contributed by atoms with Crippen LogP contribution in [0.2, 0.25) is 0 Å². The van der Waals surface area contributed by atoms with Gasteiger partial charge in [0.1, 0.15) is 0 Å². The van der Waals surface area contributed by atoms with Crippen molar-refractivity contribution in [2.75, 3.05) is 26.2 Å². The van der Waals surface area contributed by atoms with E-state index in [2.05, 4.69) is 53.5 Å². The molecule has 144 valence electrons. The summed E-state index contributed by atoms with van der Waals surface area (Å²) in [5.41, 5.74) is 0. The van der Waals surface area contributed by atoms with Crippen molar-refractivity contribution in [3.63, 3.8) is 0 Å². The molecule has 7 nitrogen and oxygen atoms in total. The fourth-order valence-electron chi connectivity index (χ4n) is 2.53. The van der Waals surface area contributed by atoms with Crippen molar-refractivity contribution >= 4 is 5.96 Å². The minimum absolute atomic E-state index is 0.229. The summed E-state index contributed by atoms with van der Waals surface area (Å²) in [7, 11) is 0. The molecule has 1 rings (SSSR count). The lowest BCUT2D eigenvalue weighted by atomic mass is 10.0. The second-order valence-corrected chi connectivity index (χ2v) is 6.62. The van der Waals surface area contributed by atoms with Crippen LogP contribution in [0, 0.1) is 5.92 Å². The van der Waals surface area contributed by atoms with Gasteiger partial charge in [-0.25, -0.2) is 0 Å². The number of nitrogens with one attached hydrogen (secondary N) is 2.